The maximum absolute atomic E-state index is 13.5. The molecule has 9 heteroatoms. The van der Waals surface area contributed by atoms with Gasteiger partial charge in [-0.25, -0.2) is 0 Å². The van der Waals surface area contributed by atoms with E-state index in [0.29, 0.717) is 47.9 Å². The number of pyridine rings is 1. The predicted molar refractivity (Wildman–Crippen MR) is 130 cm³/mol. The Labute approximate surface area is 201 Å². The Balaban J connectivity index is 1.51. The second-order valence-corrected chi connectivity index (χ2v) is 9.04. The standard InChI is InChI=1S/C25H25ClN4O4/c26-18-3-1-16(2-4-18)13-27-25(33)20-15-30-6-5-22(31)28-21-12-17(11-19(23(21)30)24(20)32)14-29-7-9-34-10-8-29/h1-4,11-12,15H,5-10,13-14H2,(H,27,33)(H,28,31). The molecular weight excluding hydrogens is 456 g/mol. The van der Waals surface area contributed by atoms with Gasteiger partial charge in [-0.3, -0.25) is 19.3 Å². The van der Waals surface area contributed by atoms with Gasteiger partial charge >= 0.3 is 0 Å². The molecule has 34 heavy (non-hydrogen) atoms. The number of ether oxygens (including phenoxy) is 1. The van der Waals surface area contributed by atoms with Gasteiger partial charge < -0.3 is 19.9 Å². The number of nitrogens with one attached hydrogen (secondary N) is 2. The van der Waals surface area contributed by atoms with E-state index in [9.17, 15) is 14.4 Å². The lowest BCUT2D eigenvalue weighted by molar-refractivity contribution is -0.116. The minimum absolute atomic E-state index is 0.0604. The molecule has 0 spiro atoms. The van der Waals surface area contributed by atoms with E-state index in [2.05, 4.69) is 15.5 Å². The van der Waals surface area contributed by atoms with Crippen molar-refractivity contribution in [2.45, 2.75) is 26.1 Å². The minimum atomic E-state index is -0.450. The summed E-state index contributed by atoms with van der Waals surface area (Å²) in [5.74, 6) is -0.566. The average Bonchev–Trinajstić information content (AvgIpc) is 2.99. The number of anilines is 1. The number of hydrogen-bond acceptors (Lipinski definition) is 5. The predicted octanol–water partition coefficient (Wildman–Crippen LogP) is 2.76. The van der Waals surface area contributed by atoms with Gasteiger partial charge in [0, 0.05) is 55.8 Å². The molecule has 2 amide bonds. The molecule has 0 saturated carbocycles. The van der Waals surface area contributed by atoms with Crippen molar-refractivity contribution in [2.75, 3.05) is 31.6 Å². The van der Waals surface area contributed by atoms with Gasteiger partial charge in [-0.2, -0.15) is 0 Å². The summed E-state index contributed by atoms with van der Waals surface area (Å²) in [4.78, 5) is 41.1. The Morgan fingerprint density at radius 3 is 2.59 bits per heavy atom. The molecular formula is C25H25ClN4O4. The normalized spacial score (nSPS) is 16.2. The summed E-state index contributed by atoms with van der Waals surface area (Å²) >= 11 is 5.93. The fraction of sp³-hybridized carbons (Fsp3) is 0.320. The van der Waals surface area contributed by atoms with Crippen LogP contribution >= 0.6 is 11.6 Å². The molecule has 8 nitrogen and oxygen atoms in total. The number of morpholine rings is 1. The van der Waals surface area contributed by atoms with Crippen molar-refractivity contribution >= 4 is 40.0 Å². The highest BCUT2D eigenvalue weighted by molar-refractivity contribution is 6.30. The van der Waals surface area contributed by atoms with Gasteiger partial charge in [0.1, 0.15) is 5.56 Å². The Bertz CT molecular complexity index is 1310. The van der Waals surface area contributed by atoms with Crippen molar-refractivity contribution in [3.63, 3.8) is 0 Å². The molecule has 3 aromatic rings. The summed E-state index contributed by atoms with van der Waals surface area (Å²) in [5, 5.41) is 6.82. The van der Waals surface area contributed by atoms with E-state index >= 15 is 0 Å². The molecule has 0 aliphatic carbocycles. The van der Waals surface area contributed by atoms with Crippen LogP contribution in [0.5, 0.6) is 0 Å². The zero-order valence-electron chi connectivity index (χ0n) is 18.6. The van der Waals surface area contributed by atoms with E-state index in [1.165, 1.54) is 0 Å². The zero-order valence-corrected chi connectivity index (χ0v) is 19.4. The van der Waals surface area contributed by atoms with Gasteiger partial charge in [-0.15, -0.1) is 0 Å². The number of carbonyl (C=O) groups is 2. The van der Waals surface area contributed by atoms with E-state index in [1.54, 1.807) is 18.3 Å². The third kappa shape index (κ3) is 4.70. The number of aryl methyl sites for hydroxylation is 1. The summed E-state index contributed by atoms with van der Waals surface area (Å²) < 4.78 is 7.26. The van der Waals surface area contributed by atoms with Gasteiger partial charge in [0.05, 0.1) is 24.4 Å². The van der Waals surface area contributed by atoms with Crippen LogP contribution in [0.1, 0.15) is 27.9 Å². The molecule has 5 rings (SSSR count). The monoisotopic (exact) mass is 480 g/mol. The molecule has 1 saturated heterocycles. The molecule has 2 aromatic carbocycles. The molecule has 0 atom stereocenters. The first-order valence-corrected chi connectivity index (χ1v) is 11.7. The number of hydrogen-bond donors (Lipinski definition) is 2. The molecule has 1 fully saturated rings. The van der Waals surface area contributed by atoms with Crippen molar-refractivity contribution in [1.82, 2.24) is 14.8 Å². The first-order valence-electron chi connectivity index (χ1n) is 11.3. The van der Waals surface area contributed by atoms with Crippen molar-refractivity contribution in [3.8, 4) is 0 Å². The molecule has 2 aliphatic rings. The van der Waals surface area contributed by atoms with Crippen molar-refractivity contribution in [3.05, 3.63) is 74.5 Å². The molecule has 1 aromatic heterocycles. The zero-order chi connectivity index (χ0) is 23.7. The maximum Gasteiger partial charge on any atom is 0.257 e. The van der Waals surface area contributed by atoms with Gasteiger partial charge in [-0.1, -0.05) is 23.7 Å². The molecule has 0 bridgehead atoms. The molecule has 0 unspecified atom stereocenters. The summed E-state index contributed by atoms with van der Waals surface area (Å²) in [5.41, 5.74) is 2.76. The van der Waals surface area contributed by atoms with Gasteiger partial charge in [0.2, 0.25) is 11.3 Å². The second-order valence-electron chi connectivity index (χ2n) is 8.60. The molecule has 2 aliphatic heterocycles. The van der Waals surface area contributed by atoms with Crippen LogP contribution in [0.25, 0.3) is 10.9 Å². The smallest absolute Gasteiger partial charge is 0.257 e. The Kier molecular flexibility index (Phi) is 6.36. The SMILES string of the molecule is O=C1CCn2cc(C(=O)NCc3ccc(Cl)cc3)c(=O)c3cc(CN4CCOCC4)cc(c32)N1. The second kappa shape index (κ2) is 9.58. The fourth-order valence-corrected chi connectivity index (χ4v) is 4.58. The lowest BCUT2D eigenvalue weighted by Crippen LogP contribution is -2.35. The van der Waals surface area contributed by atoms with Crippen LogP contribution < -0.4 is 16.1 Å². The quantitative estimate of drug-likeness (QED) is 0.586. The fourth-order valence-electron chi connectivity index (χ4n) is 4.46. The van der Waals surface area contributed by atoms with Crippen LogP contribution in [0.4, 0.5) is 5.69 Å². The number of benzene rings is 2. The third-order valence-corrected chi connectivity index (χ3v) is 6.46. The highest BCUT2D eigenvalue weighted by Crippen LogP contribution is 2.28. The van der Waals surface area contributed by atoms with Crippen LogP contribution in [-0.4, -0.2) is 47.6 Å². The number of rotatable bonds is 5. The highest BCUT2D eigenvalue weighted by atomic mass is 35.5. The Morgan fingerprint density at radius 1 is 1.06 bits per heavy atom. The third-order valence-electron chi connectivity index (χ3n) is 6.21. The number of carbonyl (C=O) groups excluding carboxylic acids is 2. The number of amides is 2. The van der Waals surface area contributed by atoms with Crippen LogP contribution in [0.3, 0.4) is 0 Å². The van der Waals surface area contributed by atoms with E-state index in [-0.39, 0.29) is 29.9 Å². The number of aromatic nitrogens is 1. The van der Waals surface area contributed by atoms with E-state index < -0.39 is 5.91 Å². The average molecular weight is 481 g/mol. The summed E-state index contributed by atoms with van der Waals surface area (Å²) in [6.45, 7) is 4.23. The topological polar surface area (TPSA) is 92.7 Å². The van der Waals surface area contributed by atoms with Crippen LogP contribution in [-0.2, 0) is 29.2 Å². The van der Waals surface area contributed by atoms with Gasteiger partial charge in [0.25, 0.3) is 5.91 Å². The molecule has 0 radical (unpaired) electrons. The van der Waals surface area contributed by atoms with Gasteiger partial charge in [-0.05, 0) is 35.4 Å². The Morgan fingerprint density at radius 2 is 1.82 bits per heavy atom. The lowest BCUT2D eigenvalue weighted by atomic mass is 10.0. The van der Waals surface area contributed by atoms with E-state index in [1.807, 2.05) is 28.8 Å². The minimum Gasteiger partial charge on any atom is -0.379 e. The summed E-state index contributed by atoms with van der Waals surface area (Å²) in [7, 11) is 0. The van der Waals surface area contributed by atoms with Crippen LogP contribution in [0.2, 0.25) is 5.02 Å². The molecule has 3 heterocycles. The highest BCUT2D eigenvalue weighted by Gasteiger charge is 2.22. The van der Waals surface area contributed by atoms with E-state index in [4.69, 9.17) is 16.3 Å². The van der Waals surface area contributed by atoms with Crippen LogP contribution in [0, 0.1) is 0 Å². The number of nitrogens with zero attached hydrogens (tertiary/aromatic N) is 2. The van der Waals surface area contributed by atoms with Crippen molar-refractivity contribution < 1.29 is 14.3 Å². The van der Waals surface area contributed by atoms with Gasteiger partial charge in [0.15, 0.2) is 0 Å². The Hall–Kier alpha value is -3.20. The molecule has 176 valence electrons. The maximum atomic E-state index is 13.5. The van der Waals surface area contributed by atoms with E-state index in [0.717, 1.165) is 24.2 Å². The molecule has 2 N–H and O–H groups in total. The first-order chi connectivity index (χ1) is 16.5. The summed E-state index contributed by atoms with van der Waals surface area (Å²) in [6.07, 6.45) is 1.82. The largest absolute Gasteiger partial charge is 0.379 e. The summed E-state index contributed by atoms with van der Waals surface area (Å²) in [6, 6.07) is 10.9. The van der Waals surface area contributed by atoms with Crippen LogP contribution in [0.15, 0.2) is 47.4 Å². The first kappa shape index (κ1) is 22.6. The lowest BCUT2D eigenvalue weighted by Gasteiger charge is -2.27. The van der Waals surface area contributed by atoms with Crippen molar-refractivity contribution in [2.24, 2.45) is 0 Å². The number of halogens is 1. The van der Waals surface area contributed by atoms with Crippen molar-refractivity contribution in [1.29, 1.82) is 0 Å².